The molecule has 0 aliphatic carbocycles. The van der Waals surface area contributed by atoms with Gasteiger partial charge in [-0.3, -0.25) is 14.2 Å². The molecule has 1 aromatic heterocycles. The van der Waals surface area contributed by atoms with Crippen LogP contribution < -0.4 is 15.8 Å². The van der Waals surface area contributed by atoms with Crippen molar-refractivity contribution in [2.75, 3.05) is 11.9 Å². The van der Waals surface area contributed by atoms with Crippen molar-refractivity contribution in [1.29, 1.82) is 0 Å². The zero-order chi connectivity index (χ0) is 14.1. The highest BCUT2D eigenvalue weighted by atomic mass is 16.5. The molecule has 8 heteroatoms. The first-order valence-corrected chi connectivity index (χ1v) is 5.92. The second kappa shape index (κ2) is 4.65. The van der Waals surface area contributed by atoms with Gasteiger partial charge >= 0.3 is 0 Å². The molecular weight excluding hydrogens is 262 g/mol. The fourth-order valence-corrected chi connectivity index (χ4v) is 1.95. The lowest BCUT2D eigenvalue weighted by molar-refractivity contribution is -0.116. The standard InChI is InChI=1S/C12H11N5O3/c13-11(19)12-16-14-6-17(12)7-1-2-9-8(5-7)15-10(18)3-4-20-9/h1-2,5-6H,3-4H2,(H2,13,19)(H,15,18). The van der Waals surface area contributed by atoms with E-state index >= 15 is 0 Å². The lowest BCUT2D eigenvalue weighted by Gasteiger charge is -2.10. The summed E-state index contributed by atoms with van der Waals surface area (Å²) in [7, 11) is 0. The van der Waals surface area contributed by atoms with Crippen molar-refractivity contribution in [3.05, 3.63) is 30.4 Å². The molecule has 2 amide bonds. The largest absolute Gasteiger partial charge is 0.491 e. The molecule has 0 bridgehead atoms. The normalized spacial score (nSPS) is 13.9. The summed E-state index contributed by atoms with van der Waals surface area (Å²) >= 11 is 0. The molecule has 0 fully saturated rings. The number of amides is 2. The Hall–Kier alpha value is -2.90. The maximum absolute atomic E-state index is 11.5. The van der Waals surface area contributed by atoms with Gasteiger partial charge in [0.05, 0.1) is 24.4 Å². The van der Waals surface area contributed by atoms with Crippen molar-refractivity contribution in [3.8, 4) is 11.4 Å². The van der Waals surface area contributed by atoms with E-state index in [1.54, 1.807) is 18.2 Å². The van der Waals surface area contributed by atoms with Crippen LogP contribution in [0, 0.1) is 0 Å². The van der Waals surface area contributed by atoms with Crippen molar-refractivity contribution in [3.63, 3.8) is 0 Å². The van der Waals surface area contributed by atoms with Gasteiger partial charge in [0.15, 0.2) is 0 Å². The number of carbonyl (C=O) groups is 2. The van der Waals surface area contributed by atoms with Crippen molar-refractivity contribution in [2.24, 2.45) is 5.73 Å². The Labute approximate surface area is 113 Å². The summed E-state index contributed by atoms with van der Waals surface area (Å²) in [6, 6.07) is 5.11. The number of hydrogen-bond acceptors (Lipinski definition) is 5. The van der Waals surface area contributed by atoms with Crippen LogP contribution in [0.2, 0.25) is 0 Å². The molecule has 3 rings (SSSR count). The second-order valence-corrected chi connectivity index (χ2v) is 4.22. The van der Waals surface area contributed by atoms with Crippen molar-refractivity contribution in [1.82, 2.24) is 14.8 Å². The summed E-state index contributed by atoms with van der Waals surface area (Å²) in [5.74, 6) is -0.211. The third-order valence-electron chi connectivity index (χ3n) is 2.87. The Morgan fingerprint density at radius 3 is 3.10 bits per heavy atom. The number of fused-ring (bicyclic) bond motifs is 1. The minimum absolute atomic E-state index is 0.0193. The maximum atomic E-state index is 11.5. The number of benzene rings is 1. The van der Waals surface area contributed by atoms with Crippen LogP contribution >= 0.6 is 0 Å². The Morgan fingerprint density at radius 1 is 1.45 bits per heavy atom. The highest BCUT2D eigenvalue weighted by Crippen LogP contribution is 2.29. The zero-order valence-corrected chi connectivity index (χ0v) is 10.4. The number of hydrogen-bond donors (Lipinski definition) is 2. The van der Waals surface area contributed by atoms with Crippen LogP contribution in [0.5, 0.6) is 5.75 Å². The number of nitrogens with two attached hydrogens (primary N) is 1. The number of rotatable bonds is 2. The summed E-state index contributed by atoms with van der Waals surface area (Å²) in [6.07, 6.45) is 1.67. The molecule has 1 aliphatic heterocycles. The van der Waals surface area contributed by atoms with E-state index < -0.39 is 5.91 Å². The van der Waals surface area contributed by atoms with Gasteiger partial charge in [-0.25, -0.2) is 0 Å². The number of ether oxygens (including phenoxy) is 1. The number of primary amides is 1. The van der Waals surface area contributed by atoms with Crippen LogP contribution in [-0.4, -0.2) is 33.2 Å². The van der Waals surface area contributed by atoms with Gasteiger partial charge in [-0.15, -0.1) is 10.2 Å². The number of anilines is 1. The summed E-state index contributed by atoms with van der Waals surface area (Å²) < 4.78 is 6.90. The minimum Gasteiger partial charge on any atom is -0.491 e. The van der Waals surface area contributed by atoms with E-state index in [9.17, 15) is 9.59 Å². The van der Waals surface area contributed by atoms with Gasteiger partial charge in [-0.1, -0.05) is 0 Å². The molecule has 0 atom stereocenters. The average molecular weight is 273 g/mol. The van der Waals surface area contributed by atoms with Gasteiger partial charge in [-0.2, -0.15) is 0 Å². The Kier molecular flexibility index (Phi) is 2.82. The third-order valence-corrected chi connectivity index (χ3v) is 2.87. The Bertz CT molecular complexity index is 694. The molecule has 1 aliphatic rings. The molecule has 20 heavy (non-hydrogen) atoms. The van der Waals surface area contributed by atoms with E-state index in [2.05, 4.69) is 15.5 Å². The first-order valence-electron chi connectivity index (χ1n) is 5.92. The maximum Gasteiger partial charge on any atom is 0.287 e. The van der Waals surface area contributed by atoms with Crippen molar-refractivity contribution in [2.45, 2.75) is 6.42 Å². The average Bonchev–Trinajstić information content (AvgIpc) is 2.82. The molecule has 0 spiro atoms. The molecule has 2 heterocycles. The van der Waals surface area contributed by atoms with E-state index in [0.717, 1.165) is 0 Å². The summed E-state index contributed by atoms with van der Waals surface area (Å²) in [5, 5.41) is 10.1. The van der Waals surface area contributed by atoms with E-state index in [1.807, 2.05) is 0 Å². The van der Waals surface area contributed by atoms with E-state index in [1.165, 1.54) is 10.9 Å². The van der Waals surface area contributed by atoms with Crippen LogP contribution in [0.4, 0.5) is 5.69 Å². The molecule has 0 unspecified atom stereocenters. The predicted octanol–water partition coefficient (Wildman–Crippen LogP) is 0.0872. The smallest absolute Gasteiger partial charge is 0.287 e. The summed E-state index contributed by atoms with van der Waals surface area (Å²) in [4.78, 5) is 22.8. The topological polar surface area (TPSA) is 112 Å². The fraction of sp³-hybridized carbons (Fsp3) is 0.167. The first-order chi connectivity index (χ1) is 9.65. The van der Waals surface area contributed by atoms with Gasteiger partial charge in [-0.05, 0) is 18.2 Å². The third kappa shape index (κ3) is 2.07. The van der Waals surface area contributed by atoms with Crippen LogP contribution in [0.1, 0.15) is 17.0 Å². The van der Waals surface area contributed by atoms with E-state index in [0.29, 0.717) is 30.2 Å². The minimum atomic E-state index is -0.683. The van der Waals surface area contributed by atoms with Crippen LogP contribution in [0.3, 0.4) is 0 Å². The summed E-state index contributed by atoms with van der Waals surface area (Å²) in [5.41, 5.74) is 6.37. The number of carbonyl (C=O) groups excluding carboxylic acids is 2. The molecular formula is C12H11N5O3. The van der Waals surface area contributed by atoms with E-state index in [-0.39, 0.29) is 11.7 Å². The number of nitrogens with one attached hydrogen (secondary N) is 1. The van der Waals surface area contributed by atoms with Gasteiger partial charge < -0.3 is 15.8 Å². The quantitative estimate of drug-likeness (QED) is 0.805. The van der Waals surface area contributed by atoms with Gasteiger partial charge in [0, 0.05) is 0 Å². The first kappa shape index (κ1) is 12.2. The summed E-state index contributed by atoms with van der Waals surface area (Å²) in [6.45, 7) is 0.331. The molecule has 8 nitrogen and oxygen atoms in total. The van der Waals surface area contributed by atoms with Crippen LogP contribution in [-0.2, 0) is 4.79 Å². The molecule has 0 saturated carbocycles. The Morgan fingerprint density at radius 2 is 2.30 bits per heavy atom. The zero-order valence-electron chi connectivity index (χ0n) is 10.4. The highest BCUT2D eigenvalue weighted by Gasteiger charge is 2.17. The van der Waals surface area contributed by atoms with E-state index in [4.69, 9.17) is 10.5 Å². The predicted molar refractivity (Wildman–Crippen MR) is 68.6 cm³/mol. The van der Waals surface area contributed by atoms with Gasteiger partial charge in [0.1, 0.15) is 12.1 Å². The van der Waals surface area contributed by atoms with Crippen molar-refractivity contribution < 1.29 is 14.3 Å². The van der Waals surface area contributed by atoms with Gasteiger partial charge in [0.25, 0.3) is 5.91 Å². The second-order valence-electron chi connectivity index (χ2n) is 4.22. The monoisotopic (exact) mass is 273 g/mol. The van der Waals surface area contributed by atoms with Gasteiger partial charge in [0.2, 0.25) is 11.7 Å². The fourth-order valence-electron chi connectivity index (χ4n) is 1.95. The SMILES string of the molecule is NC(=O)c1nncn1-c1ccc2c(c1)NC(=O)CCO2. The number of nitrogens with zero attached hydrogens (tertiary/aromatic N) is 3. The molecule has 102 valence electrons. The number of aromatic nitrogens is 3. The Balaban J connectivity index is 2.06. The lowest BCUT2D eigenvalue weighted by atomic mass is 10.2. The molecule has 2 aromatic rings. The molecule has 0 radical (unpaired) electrons. The van der Waals surface area contributed by atoms with Crippen LogP contribution in [0.25, 0.3) is 5.69 Å². The highest BCUT2D eigenvalue weighted by molar-refractivity contribution is 5.93. The molecule has 1 aromatic carbocycles. The van der Waals surface area contributed by atoms with Crippen LogP contribution in [0.15, 0.2) is 24.5 Å². The lowest BCUT2D eigenvalue weighted by Crippen LogP contribution is -2.17. The molecule has 3 N–H and O–H groups in total. The van der Waals surface area contributed by atoms with Crippen molar-refractivity contribution >= 4 is 17.5 Å². The molecule has 0 saturated heterocycles.